The Morgan fingerprint density at radius 3 is 2.30 bits per heavy atom. The second-order valence-corrected chi connectivity index (χ2v) is 7.30. The van der Waals surface area contributed by atoms with Gasteiger partial charge in [-0.05, 0) is 32.0 Å². The van der Waals surface area contributed by atoms with Gasteiger partial charge in [0.25, 0.3) is 0 Å². The number of nitrogens with one attached hydrogen (secondary N) is 1. The highest BCUT2D eigenvalue weighted by Crippen LogP contribution is 2.26. The molecule has 0 aliphatic rings. The van der Waals surface area contributed by atoms with Crippen molar-refractivity contribution in [3.8, 4) is 0 Å². The van der Waals surface area contributed by atoms with E-state index < -0.39 is 21.5 Å². The summed E-state index contributed by atoms with van der Waals surface area (Å²) in [7, 11) is -0.697. The number of primary amides is 1. The number of hydrogen-bond acceptors (Lipinski definition) is 5. The summed E-state index contributed by atoms with van der Waals surface area (Å²) in [5.41, 5.74) is 10.7. The average molecular weight is 300 g/mol. The number of rotatable bonds is 5. The van der Waals surface area contributed by atoms with Gasteiger partial charge in [0, 0.05) is 14.1 Å². The van der Waals surface area contributed by atoms with Crippen LogP contribution in [0.5, 0.6) is 0 Å². The molecule has 112 valence electrons. The third-order valence-corrected chi connectivity index (χ3v) is 4.68. The Morgan fingerprint density at radius 2 is 1.85 bits per heavy atom. The summed E-state index contributed by atoms with van der Waals surface area (Å²) >= 11 is 0. The Kier molecular flexibility index (Phi) is 4.30. The van der Waals surface area contributed by atoms with Crippen molar-refractivity contribution in [2.24, 2.45) is 5.73 Å². The molecule has 8 heteroatoms. The predicted octanol–water partition coefficient (Wildman–Crippen LogP) is 0.195. The Hall–Kier alpha value is -1.80. The Labute approximate surface area is 119 Å². The molecule has 0 aliphatic carbocycles. The molecular formula is C12H20N4O3S. The van der Waals surface area contributed by atoms with Crippen LogP contribution >= 0.6 is 0 Å². The van der Waals surface area contributed by atoms with E-state index in [9.17, 15) is 13.2 Å². The van der Waals surface area contributed by atoms with E-state index in [0.29, 0.717) is 11.4 Å². The van der Waals surface area contributed by atoms with Crippen molar-refractivity contribution in [1.82, 2.24) is 4.31 Å². The number of benzene rings is 1. The van der Waals surface area contributed by atoms with Gasteiger partial charge in [-0.3, -0.25) is 4.79 Å². The first-order valence-corrected chi connectivity index (χ1v) is 7.32. The van der Waals surface area contributed by atoms with E-state index in [1.165, 1.54) is 32.3 Å². The van der Waals surface area contributed by atoms with Gasteiger partial charge < -0.3 is 16.8 Å². The monoisotopic (exact) mass is 300 g/mol. The topological polar surface area (TPSA) is 119 Å². The van der Waals surface area contributed by atoms with Crippen molar-refractivity contribution >= 4 is 27.3 Å². The molecule has 0 saturated carbocycles. The minimum atomic E-state index is -3.57. The van der Waals surface area contributed by atoms with Crippen LogP contribution < -0.4 is 16.8 Å². The van der Waals surface area contributed by atoms with Gasteiger partial charge in [-0.25, -0.2) is 12.7 Å². The molecule has 5 N–H and O–H groups in total. The van der Waals surface area contributed by atoms with E-state index in [1.54, 1.807) is 13.8 Å². The first-order valence-electron chi connectivity index (χ1n) is 5.88. The van der Waals surface area contributed by atoms with Crippen molar-refractivity contribution in [1.29, 1.82) is 0 Å². The van der Waals surface area contributed by atoms with Crippen LogP contribution in [0.3, 0.4) is 0 Å². The maximum Gasteiger partial charge on any atom is 0.242 e. The molecule has 20 heavy (non-hydrogen) atoms. The fraction of sp³-hybridized carbons (Fsp3) is 0.417. The minimum Gasteiger partial charge on any atom is -0.397 e. The van der Waals surface area contributed by atoms with Crippen molar-refractivity contribution in [2.45, 2.75) is 24.3 Å². The molecule has 0 spiro atoms. The molecule has 0 fully saturated rings. The lowest BCUT2D eigenvalue weighted by Crippen LogP contribution is -2.45. The van der Waals surface area contributed by atoms with E-state index in [0.717, 1.165) is 4.31 Å². The quantitative estimate of drug-likeness (QED) is 0.671. The van der Waals surface area contributed by atoms with Crippen molar-refractivity contribution in [3.05, 3.63) is 18.2 Å². The van der Waals surface area contributed by atoms with Crippen molar-refractivity contribution < 1.29 is 13.2 Å². The molecule has 0 aromatic heterocycles. The fourth-order valence-electron chi connectivity index (χ4n) is 1.41. The van der Waals surface area contributed by atoms with Gasteiger partial charge in [-0.2, -0.15) is 0 Å². The first kappa shape index (κ1) is 16.3. The summed E-state index contributed by atoms with van der Waals surface area (Å²) < 4.78 is 25.2. The molecule has 0 heterocycles. The van der Waals surface area contributed by atoms with Crippen LogP contribution in [-0.4, -0.2) is 38.3 Å². The van der Waals surface area contributed by atoms with Gasteiger partial charge in [0.2, 0.25) is 15.9 Å². The summed E-state index contributed by atoms with van der Waals surface area (Å²) in [5, 5.41) is 2.85. The number of nitrogens with zero attached hydrogens (tertiary/aromatic N) is 1. The Bertz CT molecular complexity index is 624. The molecule has 1 aromatic carbocycles. The molecule has 0 bridgehead atoms. The number of sulfonamides is 1. The van der Waals surface area contributed by atoms with Crippen LogP contribution in [0, 0.1) is 0 Å². The predicted molar refractivity (Wildman–Crippen MR) is 78.6 cm³/mol. The minimum absolute atomic E-state index is 0.0828. The van der Waals surface area contributed by atoms with Crippen LogP contribution in [0.25, 0.3) is 0 Å². The third-order valence-electron chi connectivity index (χ3n) is 2.87. The third kappa shape index (κ3) is 3.20. The number of nitrogen functional groups attached to an aromatic ring is 1. The number of carbonyl (C=O) groups excluding carboxylic acids is 1. The molecule has 0 radical (unpaired) electrons. The largest absolute Gasteiger partial charge is 0.397 e. The average Bonchev–Trinajstić information content (AvgIpc) is 2.31. The van der Waals surface area contributed by atoms with E-state index in [2.05, 4.69) is 5.32 Å². The maximum atomic E-state index is 12.1. The standard InChI is InChI=1S/C12H20N4O3S/c1-12(2,11(14)17)15-10-7-8(5-6-9(10)13)20(18,19)16(3)4/h5-7,15H,13H2,1-4H3,(H2,14,17). The number of carbonyl (C=O) groups is 1. The summed E-state index contributed by atoms with van der Waals surface area (Å²) in [6.45, 7) is 3.17. The Balaban J connectivity index is 3.27. The number of hydrogen-bond donors (Lipinski definition) is 3. The van der Waals surface area contributed by atoms with E-state index >= 15 is 0 Å². The zero-order valence-corrected chi connectivity index (χ0v) is 12.8. The van der Waals surface area contributed by atoms with Crippen LogP contribution in [-0.2, 0) is 14.8 Å². The maximum absolute atomic E-state index is 12.1. The number of nitrogens with two attached hydrogens (primary N) is 2. The van der Waals surface area contributed by atoms with Crippen molar-refractivity contribution in [3.63, 3.8) is 0 Å². The summed E-state index contributed by atoms with van der Waals surface area (Å²) in [6, 6.07) is 4.26. The molecular weight excluding hydrogens is 280 g/mol. The fourth-order valence-corrected chi connectivity index (χ4v) is 2.34. The number of anilines is 2. The molecule has 7 nitrogen and oxygen atoms in total. The summed E-state index contributed by atoms with van der Waals surface area (Å²) in [5.74, 6) is -0.572. The molecule has 1 aromatic rings. The van der Waals surface area contributed by atoms with Gasteiger partial charge in [-0.1, -0.05) is 0 Å². The van der Waals surface area contributed by atoms with Gasteiger partial charge in [0.15, 0.2) is 0 Å². The second kappa shape index (κ2) is 5.29. The highest BCUT2D eigenvalue weighted by atomic mass is 32.2. The lowest BCUT2D eigenvalue weighted by atomic mass is 10.0. The van der Waals surface area contributed by atoms with E-state index in [1.807, 2.05) is 0 Å². The highest BCUT2D eigenvalue weighted by Gasteiger charge is 2.26. The first-order chi connectivity index (χ1) is 8.98. The zero-order chi connectivity index (χ0) is 15.7. The lowest BCUT2D eigenvalue weighted by molar-refractivity contribution is -0.121. The second-order valence-electron chi connectivity index (χ2n) is 5.15. The molecule has 0 unspecified atom stereocenters. The van der Waals surface area contributed by atoms with E-state index in [4.69, 9.17) is 11.5 Å². The SMILES string of the molecule is CN(C)S(=O)(=O)c1ccc(N)c(NC(C)(C)C(N)=O)c1. The molecule has 0 atom stereocenters. The summed E-state index contributed by atoms with van der Waals surface area (Å²) in [6.07, 6.45) is 0. The molecule has 0 saturated heterocycles. The Morgan fingerprint density at radius 1 is 1.30 bits per heavy atom. The molecule has 0 aliphatic heterocycles. The van der Waals surface area contributed by atoms with Crippen LogP contribution in [0.15, 0.2) is 23.1 Å². The molecule has 1 rings (SSSR count). The number of amides is 1. The summed E-state index contributed by atoms with van der Waals surface area (Å²) in [4.78, 5) is 11.4. The van der Waals surface area contributed by atoms with Crippen LogP contribution in [0.1, 0.15) is 13.8 Å². The van der Waals surface area contributed by atoms with Gasteiger partial charge in [0.05, 0.1) is 16.3 Å². The molecule has 1 amide bonds. The van der Waals surface area contributed by atoms with Crippen LogP contribution in [0.2, 0.25) is 0 Å². The zero-order valence-electron chi connectivity index (χ0n) is 12.0. The normalized spacial score (nSPS) is 12.4. The van der Waals surface area contributed by atoms with Gasteiger partial charge >= 0.3 is 0 Å². The van der Waals surface area contributed by atoms with Gasteiger partial charge in [-0.15, -0.1) is 0 Å². The van der Waals surface area contributed by atoms with Crippen LogP contribution in [0.4, 0.5) is 11.4 Å². The van der Waals surface area contributed by atoms with Crippen molar-refractivity contribution in [2.75, 3.05) is 25.1 Å². The van der Waals surface area contributed by atoms with E-state index in [-0.39, 0.29) is 4.90 Å². The van der Waals surface area contributed by atoms with Gasteiger partial charge in [0.1, 0.15) is 5.54 Å². The smallest absolute Gasteiger partial charge is 0.242 e. The lowest BCUT2D eigenvalue weighted by Gasteiger charge is -2.25. The highest BCUT2D eigenvalue weighted by molar-refractivity contribution is 7.89.